The summed E-state index contributed by atoms with van der Waals surface area (Å²) in [6.07, 6.45) is 2.53. The molecule has 2 aromatic rings. The van der Waals surface area contributed by atoms with Gasteiger partial charge < -0.3 is 5.32 Å². The summed E-state index contributed by atoms with van der Waals surface area (Å²) in [7, 11) is 0. The van der Waals surface area contributed by atoms with Crippen LogP contribution in [0.1, 0.15) is 23.8 Å². The van der Waals surface area contributed by atoms with Crippen LogP contribution in [0.2, 0.25) is 0 Å². The Morgan fingerprint density at radius 3 is 2.65 bits per heavy atom. The molecule has 1 unspecified atom stereocenters. The van der Waals surface area contributed by atoms with Crippen molar-refractivity contribution in [3.63, 3.8) is 0 Å². The number of benzene rings is 1. The number of carbonyl (C=O) groups is 1. The van der Waals surface area contributed by atoms with E-state index in [0.29, 0.717) is 18.3 Å². The van der Waals surface area contributed by atoms with Crippen LogP contribution in [0.25, 0.3) is 0 Å². The van der Waals surface area contributed by atoms with E-state index in [2.05, 4.69) is 27.7 Å². The van der Waals surface area contributed by atoms with Gasteiger partial charge in [-0.25, -0.2) is 0 Å². The van der Waals surface area contributed by atoms with Gasteiger partial charge >= 0.3 is 0 Å². The summed E-state index contributed by atoms with van der Waals surface area (Å²) in [5.74, 6) is 0.584. The van der Waals surface area contributed by atoms with E-state index >= 15 is 0 Å². The highest BCUT2D eigenvalue weighted by atomic mass is 32.2. The molecule has 1 atom stereocenters. The molecule has 0 bridgehead atoms. The lowest BCUT2D eigenvalue weighted by Crippen LogP contribution is -2.37. The van der Waals surface area contributed by atoms with Crippen LogP contribution < -0.4 is 5.32 Å². The first-order valence-corrected chi connectivity index (χ1v) is 9.91. The normalized spacial score (nSPS) is 16.3. The fraction of sp³-hybridized carbons (Fsp3) is 0.389. The Kier molecular flexibility index (Phi) is 6.13. The van der Waals surface area contributed by atoms with Crippen molar-refractivity contribution >= 4 is 29.0 Å². The Balaban J connectivity index is 1.51. The lowest BCUT2D eigenvalue weighted by molar-refractivity contribution is -0.118. The molecule has 1 fully saturated rings. The summed E-state index contributed by atoms with van der Waals surface area (Å²) in [4.78, 5) is 17.1. The van der Waals surface area contributed by atoms with Gasteiger partial charge in [0.15, 0.2) is 0 Å². The van der Waals surface area contributed by atoms with E-state index in [4.69, 9.17) is 0 Å². The Bertz CT molecular complexity index is 595. The molecule has 1 aliphatic heterocycles. The molecule has 1 aromatic carbocycles. The number of hydrogen-bond acceptors (Lipinski definition) is 4. The maximum Gasteiger partial charge on any atom is 0.230 e. The number of thiophene rings is 1. The van der Waals surface area contributed by atoms with Crippen molar-refractivity contribution < 1.29 is 4.79 Å². The molecule has 0 aliphatic carbocycles. The summed E-state index contributed by atoms with van der Waals surface area (Å²) < 4.78 is 0. The lowest BCUT2D eigenvalue weighted by Gasteiger charge is -2.26. The molecule has 2 heterocycles. The monoisotopic (exact) mass is 346 g/mol. The highest BCUT2D eigenvalue weighted by molar-refractivity contribution is 8.00. The van der Waals surface area contributed by atoms with E-state index in [9.17, 15) is 4.79 Å². The zero-order valence-corrected chi connectivity index (χ0v) is 14.7. The minimum atomic E-state index is 0.111. The van der Waals surface area contributed by atoms with Crippen LogP contribution in [-0.4, -0.2) is 36.2 Å². The molecule has 122 valence electrons. The van der Waals surface area contributed by atoms with Gasteiger partial charge in [0.2, 0.25) is 5.91 Å². The maximum absolute atomic E-state index is 12.2. The first-order chi connectivity index (χ1) is 11.3. The predicted molar refractivity (Wildman–Crippen MR) is 98.0 cm³/mol. The van der Waals surface area contributed by atoms with Crippen LogP contribution in [0, 0.1) is 0 Å². The minimum Gasteiger partial charge on any atom is -0.353 e. The van der Waals surface area contributed by atoms with E-state index in [1.54, 1.807) is 23.1 Å². The highest BCUT2D eigenvalue weighted by Crippen LogP contribution is 2.27. The van der Waals surface area contributed by atoms with Crippen molar-refractivity contribution in [1.82, 2.24) is 10.2 Å². The third-order valence-electron chi connectivity index (χ3n) is 4.06. The number of amides is 1. The summed E-state index contributed by atoms with van der Waals surface area (Å²) in [6.45, 7) is 2.98. The third kappa shape index (κ3) is 4.83. The first-order valence-electron chi connectivity index (χ1n) is 8.05. The topological polar surface area (TPSA) is 32.3 Å². The molecular weight excluding hydrogens is 324 g/mol. The molecule has 1 amide bonds. The van der Waals surface area contributed by atoms with Gasteiger partial charge in [-0.05, 0) is 49.5 Å². The number of likely N-dealkylation sites (tertiary alicyclic amines) is 1. The molecule has 3 nitrogen and oxygen atoms in total. The van der Waals surface area contributed by atoms with Gasteiger partial charge in [0, 0.05) is 16.3 Å². The van der Waals surface area contributed by atoms with Crippen LogP contribution in [0.15, 0.2) is 52.7 Å². The number of nitrogens with zero attached hydrogens (tertiary/aromatic N) is 1. The molecule has 3 rings (SSSR count). The van der Waals surface area contributed by atoms with Crippen LogP contribution in [0.3, 0.4) is 0 Å². The van der Waals surface area contributed by atoms with E-state index in [0.717, 1.165) is 18.0 Å². The smallest absolute Gasteiger partial charge is 0.230 e. The number of nitrogens with one attached hydrogen (secondary N) is 1. The van der Waals surface area contributed by atoms with E-state index in [1.807, 2.05) is 30.3 Å². The van der Waals surface area contributed by atoms with Gasteiger partial charge in [-0.3, -0.25) is 9.69 Å². The summed E-state index contributed by atoms with van der Waals surface area (Å²) in [6, 6.07) is 14.7. The Hall–Kier alpha value is -1.30. The molecule has 1 N–H and O–H groups in total. The average molecular weight is 347 g/mol. The van der Waals surface area contributed by atoms with Crippen LogP contribution in [0.5, 0.6) is 0 Å². The van der Waals surface area contributed by atoms with Gasteiger partial charge in [0.1, 0.15) is 0 Å². The van der Waals surface area contributed by atoms with Gasteiger partial charge in [0.25, 0.3) is 0 Å². The van der Waals surface area contributed by atoms with Crippen LogP contribution in [-0.2, 0) is 4.79 Å². The van der Waals surface area contributed by atoms with Crippen molar-refractivity contribution in [2.75, 3.05) is 25.4 Å². The summed E-state index contributed by atoms with van der Waals surface area (Å²) >= 11 is 3.37. The number of carbonyl (C=O) groups excluding carboxylic acids is 1. The fourth-order valence-corrected chi connectivity index (χ4v) is 4.48. The predicted octanol–water partition coefficient (Wildman–Crippen LogP) is 3.79. The Morgan fingerprint density at radius 2 is 1.96 bits per heavy atom. The first kappa shape index (κ1) is 16.6. The Morgan fingerprint density at radius 1 is 1.17 bits per heavy atom. The minimum absolute atomic E-state index is 0.111. The van der Waals surface area contributed by atoms with Crippen molar-refractivity contribution in [3.8, 4) is 0 Å². The van der Waals surface area contributed by atoms with Gasteiger partial charge in [-0.1, -0.05) is 24.3 Å². The van der Waals surface area contributed by atoms with Crippen molar-refractivity contribution in [2.45, 2.75) is 23.8 Å². The number of thioether (sulfide) groups is 1. The van der Waals surface area contributed by atoms with E-state index in [1.165, 1.54) is 17.7 Å². The van der Waals surface area contributed by atoms with Crippen LogP contribution in [0.4, 0.5) is 0 Å². The van der Waals surface area contributed by atoms with Gasteiger partial charge in [-0.2, -0.15) is 0 Å². The summed E-state index contributed by atoms with van der Waals surface area (Å²) in [5, 5.41) is 5.24. The number of hydrogen-bond donors (Lipinski definition) is 1. The quantitative estimate of drug-likeness (QED) is 0.774. The summed E-state index contributed by atoms with van der Waals surface area (Å²) in [5.41, 5.74) is 0. The molecule has 23 heavy (non-hydrogen) atoms. The standard InChI is InChI=1S/C18H22N2OS2/c21-18(14-23-15-7-2-1-3-8-15)19-13-16(17-9-6-12-22-17)20-10-4-5-11-20/h1-3,6-9,12,16H,4-5,10-11,13-14H2,(H,19,21). The van der Waals surface area contributed by atoms with Crippen molar-refractivity contribution in [3.05, 3.63) is 52.7 Å². The van der Waals surface area contributed by atoms with Gasteiger partial charge in [0.05, 0.1) is 11.8 Å². The molecule has 1 saturated heterocycles. The molecule has 0 radical (unpaired) electrons. The van der Waals surface area contributed by atoms with Crippen LogP contribution >= 0.6 is 23.1 Å². The fourth-order valence-electron chi connectivity index (χ4n) is 2.87. The van der Waals surface area contributed by atoms with Crippen molar-refractivity contribution in [1.29, 1.82) is 0 Å². The molecule has 1 aliphatic rings. The zero-order chi connectivity index (χ0) is 15.9. The van der Waals surface area contributed by atoms with Crippen molar-refractivity contribution in [2.24, 2.45) is 0 Å². The molecule has 5 heteroatoms. The van der Waals surface area contributed by atoms with Gasteiger partial charge in [-0.15, -0.1) is 23.1 Å². The average Bonchev–Trinajstić information content (AvgIpc) is 3.28. The number of rotatable bonds is 7. The Labute approximate surface area is 146 Å². The SMILES string of the molecule is O=C(CSc1ccccc1)NCC(c1cccs1)N1CCCC1. The molecule has 0 spiro atoms. The maximum atomic E-state index is 12.2. The highest BCUT2D eigenvalue weighted by Gasteiger charge is 2.24. The molecular formula is C18H22N2OS2. The second-order valence-electron chi connectivity index (χ2n) is 5.68. The second-order valence-corrected chi connectivity index (χ2v) is 7.71. The van der Waals surface area contributed by atoms with E-state index < -0.39 is 0 Å². The third-order valence-corrected chi connectivity index (χ3v) is 6.04. The molecule has 0 saturated carbocycles. The zero-order valence-electron chi connectivity index (χ0n) is 13.1. The second kappa shape index (κ2) is 8.52. The molecule has 1 aromatic heterocycles. The van der Waals surface area contributed by atoms with E-state index in [-0.39, 0.29) is 5.91 Å². The lowest BCUT2D eigenvalue weighted by atomic mass is 10.2. The largest absolute Gasteiger partial charge is 0.353 e.